The largest absolute Gasteiger partial charge is 0.491 e. The van der Waals surface area contributed by atoms with E-state index in [4.69, 9.17) is 4.74 Å². The minimum atomic E-state index is -3.60. The van der Waals surface area contributed by atoms with Gasteiger partial charge in [-0.05, 0) is 84.1 Å². The number of rotatable bonds is 8. The second-order valence-electron chi connectivity index (χ2n) is 9.13. The van der Waals surface area contributed by atoms with Crippen molar-refractivity contribution in [2.24, 2.45) is 0 Å². The van der Waals surface area contributed by atoms with Crippen molar-refractivity contribution < 1.29 is 17.9 Å². The van der Waals surface area contributed by atoms with Crippen LogP contribution in [0, 0.1) is 0 Å². The van der Waals surface area contributed by atoms with E-state index < -0.39 is 10.0 Å². The third-order valence-electron chi connectivity index (χ3n) is 6.46. The van der Waals surface area contributed by atoms with E-state index in [9.17, 15) is 13.2 Å². The third kappa shape index (κ3) is 4.66. The van der Waals surface area contributed by atoms with Crippen LogP contribution in [0.4, 0.5) is 0 Å². The van der Waals surface area contributed by atoms with E-state index in [0.717, 1.165) is 40.3 Å². The molecule has 4 aromatic rings. The zero-order valence-electron chi connectivity index (χ0n) is 19.8. The van der Waals surface area contributed by atoms with Gasteiger partial charge in [0.2, 0.25) is 10.0 Å². The first-order chi connectivity index (χ1) is 16.9. The number of aromatic nitrogens is 1. The Hall–Kier alpha value is -2.94. The van der Waals surface area contributed by atoms with E-state index >= 15 is 0 Å². The van der Waals surface area contributed by atoms with E-state index in [0.29, 0.717) is 18.8 Å². The number of ether oxygens (including phenoxy) is 1. The summed E-state index contributed by atoms with van der Waals surface area (Å²) in [5.74, 6) is 0.721. The molecular formula is C27H28N2O4S2. The Labute approximate surface area is 209 Å². The van der Waals surface area contributed by atoms with Gasteiger partial charge in [0.1, 0.15) is 12.0 Å². The molecule has 1 fully saturated rings. The predicted molar refractivity (Wildman–Crippen MR) is 140 cm³/mol. The SMILES string of the molecule is CC(C)Oc1ccc(S(=O)(=O)N2CCC(c3cn(CC=O)c4cc(-c5ccsc5)ccc34)C2)cc1. The Morgan fingerprint density at radius 2 is 1.91 bits per heavy atom. The summed E-state index contributed by atoms with van der Waals surface area (Å²) in [7, 11) is -3.60. The first-order valence-corrected chi connectivity index (χ1v) is 14.1. The Balaban J connectivity index is 1.42. The number of aldehydes is 1. The molecule has 0 N–H and O–H groups in total. The molecule has 1 saturated heterocycles. The normalized spacial score (nSPS) is 16.8. The van der Waals surface area contributed by atoms with Crippen LogP contribution in [0.5, 0.6) is 5.75 Å². The molecule has 1 unspecified atom stereocenters. The van der Waals surface area contributed by atoms with Crippen LogP contribution in [0.2, 0.25) is 0 Å². The Kier molecular flexibility index (Phi) is 6.53. The van der Waals surface area contributed by atoms with Crippen LogP contribution < -0.4 is 4.74 Å². The molecule has 5 rings (SSSR count). The van der Waals surface area contributed by atoms with E-state index in [1.54, 1.807) is 39.9 Å². The standard InChI is InChI=1S/C27H28N2O4S2/c1-19(2)33-23-4-6-24(7-5-23)35(31,32)29-11-9-21(16-29)26-17-28(12-13-30)27-15-20(3-8-25(26)27)22-10-14-34-18-22/h3-8,10,13-15,17-19,21H,9,11-12,16H2,1-2H3. The summed E-state index contributed by atoms with van der Waals surface area (Å²) in [6, 6.07) is 15.0. The predicted octanol–water partition coefficient (Wildman–Crippen LogP) is 5.53. The molecule has 0 bridgehead atoms. The Morgan fingerprint density at radius 1 is 1.11 bits per heavy atom. The van der Waals surface area contributed by atoms with Gasteiger partial charge in [-0.2, -0.15) is 15.6 Å². The van der Waals surface area contributed by atoms with Crippen molar-refractivity contribution in [3.05, 3.63) is 71.1 Å². The number of carbonyl (C=O) groups excluding carboxylic acids is 1. The van der Waals surface area contributed by atoms with Crippen LogP contribution >= 0.6 is 11.3 Å². The number of sulfonamides is 1. The number of carbonyl (C=O) groups is 1. The van der Waals surface area contributed by atoms with Crippen molar-refractivity contribution >= 4 is 38.5 Å². The number of fused-ring (bicyclic) bond motifs is 1. The zero-order chi connectivity index (χ0) is 24.6. The quantitative estimate of drug-likeness (QED) is 0.293. The first kappa shape index (κ1) is 23.8. The molecule has 0 radical (unpaired) electrons. The lowest BCUT2D eigenvalue weighted by Gasteiger charge is -2.17. The third-order valence-corrected chi connectivity index (χ3v) is 9.03. The lowest BCUT2D eigenvalue weighted by molar-refractivity contribution is -0.108. The summed E-state index contributed by atoms with van der Waals surface area (Å²) in [5, 5.41) is 5.23. The van der Waals surface area contributed by atoms with Crippen molar-refractivity contribution in [1.82, 2.24) is 8.87 Å². The lowest BCUT2D eigenvalue weighted by atomic mass is 9.97. The van der Waals surface area contributed by atoms with E-state index in [-0.39, 0.29) is 23.5 Å². The highest BCUT2D eigenvalue weighted by Crippen LogP contribution is 2.37. The fraction of sp³-hybridized carbons (Fsp3) is 0.296. The number of hydrogen-bond donors (Lipinski definition) is 0. The van der Waals surface area contributed by atoms with Gasteiger partial charge in [-0.1, -0.05) is 12.1 Å². The molecule has 0 spiro atoms. The van der Waals surface area contributed by atoms with Crippen molar-refractivity contribution in [3.63, 3.8) is 0 Å². The molecule has 0 saturated carbocycles. The summed E-state index contributed by atoms with van der Waals surface area (Å²) in [5.41, 5.74) is 4.35. The average molecular weight is 509 g/mol. The molecule has 2 aromatic heterocycles. The first-order valence-electron chi connectivity index (χ1n) is 11.7. The van der Waals surface area contributed by atoms with Crippen LogP contribution in [-0.2, 0) is 21.4 Å². The van der Waals surface area contributed by atoms with Gasteiger partial charge in [-0.15, -0.1) is 0 Å². The van der Waals surface area contributed by atoms with Gasteiger partial charge in [0.05, 0.1) is 17.5 Å². The molecule has 8 heteroatoms. The molecule has 1 aliphatic heterocycles. The average Bonchev–Trinajstić information content (AvgIpc) is 3.59. The zero-order valence-corrected chi connectivity index (χ0v) is 21.4. The maximum absolute atomic E-state index is 13.3. The fourth-order valence-electron chi connectivity index (χ4n) is 4.80. The van der Waals surface area contributed by atoms with E-state index in [1.165, 1.54) is 0 Å². The molecular weight excluding hydrogens is 480 g/mol. The lowest BCUT2D eigenvalue weighted by Crippen LogP contribution is -2.28. The van der Waals surface area contributed by atoms with Crippen molar-refractivity contribution in [2.45, 2.75) is 43.7 Å². The van der Waals surface area contributed by atoms with Gasteiger partial charge < -0.3 is 14.1 Å². The van der Waals surface area contributed by atoms with Gasteiger partial charge >= 0.3 is 0 Å². The van der Waals surface area contributed by atoms with Crippen LogP contribution in [0.3, 0.4) is 0 Å². The highest BCUT2D eigenvalue weighted by atomic mass is 32.2. The Bertz CT molecular complexity index is 1440. The summed E-state index contributed by atoms with van der Waals surface area (Å²) >= 11 is 1.65. The van der Waals surface area contributed by atoms with Crippen molar-refractivity contribution in [3.8, 4) is 16.9 Å². The molecule has 6 nitrogen and oxygen atoms in total. The van der Waals surface area contributed by atoms with Crippen molar-refractivity contribution in [1.29, 1.82) is 0 Å². The van der Waals surface area contributed by atoms with Crippen molar-refractivity contribution in [2.75, 3.05) is 13.1 Å². The monoisotopic (exact) mass is 508 g/mol. The highest BCUT2D eigenvalue weighted by molar-refractivity contribution is 7.89. The van der Waals surface area contributed by atoms with Gasteiger partial charge in [-0.3, -0.25) is 0 Å². The van der Waals surface area contributed by atoms with Crippen LogP contribution in [0.25, 0.3) is 22.0 Å². The molecule has 182 valence electrons. The van der Waals surface area contributed by atoms with E-state index in [2.05, 4.69) is 29.6 Å². The summed E-state index contributed by atoms with van der Waals surface area (Å²) in [6.07, 6.45) is 3.69. The van der Waals surface area contributed by atoms with Crippen LogP contribution in [0.1, 0.15) is 31.7 Å². The van der Waals surface area contributed by atoms with Gasteiger partial charge in [0.15, 0.2) is 0 Å². The van der Waals surface area contributed by atoms with Gasteiger partial charge in [0.25, 0.3) is 0 Å². The molecule has 0 amide bonds. The minimum absolute atomic E-state index is 0.0273. The molecule has 1 atom stereocenters. The number of nitrogens with zero attached hydrogens (tertiary/aromatic N) is 2. The molecule has 0 aliphatic carbocycles. The molecule has 35 heavy (non-hydrogen) atoms. The highest BCUT2D eigenvalue weighted by Gasteiger charge is 2.34. The summed E-state index contributed by atoms with van der Waals surface area (Å²) in [4.78, 5) is 11.6. The van der Waals surface area contributed by atoms with Gasteiger partial charge in [0, 0.05) is 36.1 Å². The Morgan fingerprint density at radius 3 is 2.60 bits per heavy atom. The number of hydrogen-bond acceptors (Lipinski definition) is 5. The fourth-order valence-corrected chi connectivity index (χ4v) is 6.96. The van der Waals surface area contributed by atoms with E-state index in [1.807, 2.05) is 30.0 Å². The molecule has 2 aromatic carbocycles. The topological polar surface area (TPSA) is 68.6 Å². The maximum atomic E-state index is 13.3. The number of thiophene rings is 1. The molecule has 1 aliphatic rings. The van der Waals surface area contributed by atoms with Crippen LogP contribution in [-0.4, -0.2) is 42.8 Å². The second kappa shape index (κ2) is 9.60. The second-order valence-corrected chi connectivity index (χ2v) is 11.9. The summed E-state index contributed by atoms with van der Waals surface area (Å²) in [6.45, 7) is 5.01. The smallest absolute Gasteiger partial charge is 0.243 e. The van der Waals surface area contributed by atoms with Gasteiger partial charge in [-0.25, -0.2) is 8.42 Å². The minimum Gasteiger partial charge on any atom is -0.491 e. The molecule has 3 heterocycles. The summed E-state index contributed by atoms with van der Waals surface area (Å²) < 4.78 is 35.8. The van der Waals surface area contributed by atoms with Crippen LogP contribution in [0.15, 0.2) is 70.4 Å². The number of benzene rings is 2. The maximum Gasteiger partial charge on any atom is 0.243 e.